The Balaban J connectivity index is 1.85. The molecule has 124 valence electrons. The number of furan rings is 1. The zero-order valence-electron chi connectivity index (χ0n) is 14.2. The average molecular weight is 391 g/mol. The number of para-hydroxylation sites is 1. The van der Waals surface area contributed by atoms with Crippen molar-refractivity contribution in [1.82, 2.24) is 0 Å². The van der Waals surface area contributed by atoms with E-state index in [2.05, 4.69) is 79.7 Å². The monoisotopic (exact) mass is 392 g/mol. The molecule has 4 rings (SSSR count). The van der Waals surface area contributed by atoms with Gasteiger partial charge in [-0.05, 0) is 0 Å². The van der Waals surface area contributed by atoms with Crippen molar-refractivity contribution in [3.63, 3.8) is 0 Å². The van der Waals surface area contributed by atoms with Crippen LogP contribution in [-0.4, -0.2) is 15.0 Å². The average Bonchev–Trinajstić information content (AvgIpc) is 3.02. The van der Waals surface area contributed by atoms with Gasteiger partial charge in [-0.25, -0.2) is 0 Å². The summed E-state index contributed by atoms with van der Waals surface area (Å²) in [5.74, 6) is 1.03. The van der Waals surface area contributed by atoms with Crippen LogP contribution in [0.3, 0.4) is 0 Å². The Morgan fingerprint density at radius 1 is 0.840 bits per heavy atom. The van der Waals surface area contributed by atoms with Gasteiger partial charge < -0.3 is 0 Å². The number of hydrogen-bond donors (Lipinski definition) is 0. The molecule has 0 aliphatic carbocycles. The molecule has 4 aromatic rings. The van der Waals surface area contributed by atoms with Gasteiger partial charge in [0.2, 0.25) is 0 Å². The molecule has 1 aromatic heterocycles. The van der Waals surface area contributed by atoms with Crippen molar-refractivity contribution < 1.29 is 4.42 Å². The predicted octanol–water partition coefficient (Wildman–Crippen LogP) is 4.71. The first-order chi connectivity index (χ1) is 12.3. The Hall–Kier alpha value is -2.28. The first-order valence-electron chi connectivity index (χ1n) is 8.69. The van der Waals surface area contributed by atoms with E-state index < -0.39 is 0 Å². The van der Waals surface area contributed by atoms with Crippen molar-refractivity contribution in [2.24, 2.45) is 0 Å². The SMILES string of the molecule is CCCc1cccc(-c2oc3ccccc3c2[Se]c2ccccc2)c1. The summed E-state index contributed by atoms with van der Waals surface area (Å²) in [4.78, 5) is 0. The van der Waals surface area contributed by atoms with E-state index >= 15 is 0 Å². The van der Waals surface area contributed by atoms with E-state index in [1.54, 1.807) is 0 Å². The minimum atomic E-state index is 0.212. The first kappa shape index (κ1) is 16.2. The molecule has 3 aromatic carbocycles. The molecule has 0 saturated carbocycles. The van der Waals surface area contributed by atoms with Gasteiger partial charge in [-0.1, -0.05) is 0 Å². The van der Waals surface area contributed by atoms with E-state index in [4.69, 9.17) is 4.42 Å². The fourth-order valence-corrected chi connectivity index (χ4v) is 5.30. The van der Waals surface area contributed by atoms with Crippen LogP contribution in [0.15, 0.2) is 83.3 Å². The molecule has 0 radical (unpaired) electrons. The van der Waals surface area contributed by atoms with Crippen LogP contribution in [0.4, 0.5) is 0 Å². The number of hydrogen-bond acceptors (Lipinski definition) is 1. The first-order valence-corrected chi connectivity index (χ1v) is 10.4. The van der Waals surface area contributed by atoms with Gasteiger partial charge in [-0.3, -0.25) is 0 Å². The van der Waals surface area contributed by atoms with E-state index in [1.807, 2.05) is 6.07 Å². The molecule has 0 unspecified atom stereocenters. The Kier molecular flexibility index (Phi) is 4.74. The van der Waals surface area contributed by atoms with Crippen LogP contribution in [0.25, 0.3) is 22.3 Å². The topological polar surface area (TPSA) is 13.1 Å². The molecule has 1 heterocycles. The maximum absolute atomic E-state index is 6.31. The third-order valence-corrected chi connectivity index (χ3v) is 6.59. The Bertz CT molecular complexity index is 985. The van der Waals surface area contributed by atoms with Crippen molar-refractivity contribution in [2.45, 2.75) is 19.8 Å². The zero-order chi connectivity index (χ0) is 17.1. The van der Waals surface area contributed by atoms with E-state index in [1.165, 1.54) is 25.4 Å². The molecular weight excluding hydrogens is 371 g/mol. The fraction of sp³-hybridized carbons (Fsp3) is 0.130. The molecule has 2 heteroatoms. The minimum absolute atomic E-state index is 0.212. The second-order valence-electron chi connectivity index (χ2n) is 6.12. The number of fused-ring (bicyclic) bond motifs is 1. The summed E-state index contributed by atoms with van der Waals surface area (Å²) in [5.41, 5.74) is 3.54. The normalized spacial score (nSPS) is 11.1. The van der Waals surface area contributed by atoms with Gasteiger partial charge in [-0.15, -0.1) is 0 Å². The van der Waals surface area contributed by atoms with E-state index in [-0.39, 0.29) is 15.0 Å². The van der Waals surface area contributed by atoms with Crippen LogP contribution in [-0.2, 0) is 6.42 Å². The van der Waals surface area contributed by atoms with Gasteiger partial charge in [0, 0.05) is 0 Å². The van der Waals surface area contributed by atoms with Crippen LogP contribution in [0.2, 0.25) is 0 Å². The predicted molar refractivity (Wildman–Crippen MR) is 107 cm³/mol. The molecule has 25 heavy (non-hydrogen) atoms. The summed E-state index contributed by atoms with van der Waals surface area (Å²) in [6, 6.07) is 27.9. The third-order valence-electron chi connectivity index (χ3n) is 4.24. The molecule has 0 bridgehead atoms. The van der Waals surface area contributed by atoms with E-state index in [9.17, 15) is 0 Å². The molecule has 0 saturated heterocycles. The van der Waals surface area contributed by atoms with Gasteiger partial charge in [0.05, 0.1) is 0 Å². The summed E-state index contributed by atoms with van der Waals surface area (Å²) >= 11 is 0.212. The molecule has 0 spiro atoms. The van der Waals surface area contributed by atoms with Crippen molar-refractivity contribution in [1.29, 1.82) is 0 Å². The molecule has 0 fully saturated rings. The quantitative estimate of drug-likeness (QED) is 0.449. The van der Waals surface area contributed by atoms with Crippen molar-refractivity contribution >= 4 is 34.8 Å². The van der Waals surface area contributed by atoms with Crippen LogP contribution in [0, 0.1) is 0 Å². The molecule has 0 amide bonds. The van der Waals surface area contributed by atoms with Crippen molar-refractivity contribution in [3.8, 4) is 11.3 Å². The van der Waals surface area contributed by atoms with Gasteiger partial charge in [0.25, 0.3) is 0 Å². The van der Waals surface area contributed by atoms with Crippen LogP contribution in [0.5, 0.6) is 0 Å². The molecule has 0 aliphatic heterocycles. The zero-order valence-corrected chi connectivity index (χ0v) is 15.9. The third kappa shape index (κ3) is 3.42. The number of aryl methyl sites for hydroxylation is 1. The molecule has 0 atom stereocenters. The Morgan fingerprint density at radius 2 is 1.64 bits per heavy atom. The maximum atomic E-state index is 6.31. The second-order valence-corrected chi connectivity index (χ2v) is 8.40. The summed E-state index contributed by atoms with van der Waals surface area (Å²) in [7, 11) is 0. The fourth-order valence-electron chi connectivity index (χ4n) is 3.08. The Morgan fingerprint density at radius 3 is 2.48 bits per heavy atom. The van der Waals surface area contributed by atoms with Gasteiger partial charge in [0.1, 0.15) is 0 Å². The van der Waals surface area contributed by atoms with Crippen molar-refractivity contribution in [3.05, 3.63) is 84.4 Å². The van der Waals surface area contributed by atoms with Gasteiger partial charge in [-0.2, -0.15) is 0 Å². The Labute approximate surface area is 154 Å². The van der Waals surface area contributed by atoms with E-state index in [0.717, 1.165) is 24.2 Å². The summed E-state index contributed by atoms with van der Waals surface area (Å²) in [5, 5.41) is 1.24. The van der Waals surface area contributed by atoms with Crippen LogP contribution < -0.4 is 8.92 Å². The van der Waals surface area contributed by atoms with Crippen LogP contribution in [0.1, 0.15) is 18.9 Å². The molecule has 0 aliphatic rings. The van der Waals surface area contributed by atoms with Crippen molar-refractivity contribution in [2.75, 3.05) is 0 Å². The van der Waals surface area contributed by atoms with E-state index in [0.29, 0.717) is 0 Å². The molecule has 1 nitrogen and oxygen atoms in total. The van der Waals surface area contributed by atoms with Gasteiger partial charge >= 0.3 is 155 Å². The molecular formula is C23H20OSe. The number of rotatable bonds is 5. The van der Waals surface area contributed by atoms with Gasteiger partial charge in [0.15, 0.2) is 0 Å². The summed E-state index contributed by atoms with van der Waals surface area (Å²) in [6.07, 6.45) is 2.26. The standard InChI is InChI=1S/C23H20OSe/c1-2-9-17-10-8-11-18(16-17)22-23(25-19-12-4-3-5-13-19)20-14-6-7-15-21(20)24-22/h3-8,10-16H,2,9H2,1H3. The number of benzene rings is 3. The second kappa shape index (κ2) is 7.31. The van der Waals surface area contributed by atoms with Crippen LogP contribution >= 0.6 is 0 Å². The summed E-state index contributed by atoms with van der Waals surface area (Å²) in [6.45, 7) is 2.22. The summed E-state index contributed by atoms with van der Waals surface area (Å²) < 4.78 is 9.01. The molecule has 0 N–H and O–H groups in total.